The molecule has 8 aromatic carbocycles. The molecule has 0 saturated heterocycles. The number of aromatic nitrogens is 2. The van der Waals surface area contributed by atoms with Crippen molar-refractivity contribution in [1.82, 2.24) is 9.13 Å². The molecule has 66 heavy (non-hydrogen) atoms. The van der Waals surface area contributed by atoms with Crippen LogP contribution in [0.25, 0.3) is 103 Å². The van der Waals surface area contributed by atoms with Gasteiger partial charge in [-0.05, 0) is 100 Å². The summed E-state index contributed by atoms with van der Waals surface area (Å²) >= 11 is 0. The first-order valence-electron chi connectivity index (χ1n) is 20.2. The molecule has 0 atom stereocenters. The average molecular weight is 855 g/mol. The molecule has 306 valence electrons. The van der Waals surface area contributed by atoms with Crippen LogP contribution in [0.5, 0.6) is 0 Å². The fourth-order valence-electron chi connectivity index (χ4n) is 8.96. The molecule has 0 bridgehead atoms. The lowest BCUT2D eigenvalue weighted by Crippen LogP contribution is -2.06. The van der Waals surface area contributed by atoms with E-state index in [0.29, 0.717) is 67.1 Å². The molecule has 0 radical (unpaired) electrons. The van der Waals surface area contributed by atoms with E-state index in [0.717, 1.165) is 50.3 Å². The second-order valence-electron chi connectivity index (χ2n) is 15.4. The molecule has 0 unspecified atom stereocenters. The monoisotopic (exact) mass is 854 g/mol. The van der Waals surface area contributed by atoms with Crippen LogP contribution < -0.4 is 0 Å². The molecule has 8 nitrogen and oxygen atoms in total. The van der Waals surface area contributed by atoms with Gasteiger partial charge >= 0.3 is 6.18 Å². The zero-order chi connectivity index (χ0) is 45.9. The maximum absolute atomic E-state index is 14.2. The quantitative estimate of drug-likeness (QED) is 0.161. The molecule has 10 aromatic rings. The molecule has 0 aliphatic heterocycles. The van der Waals surface area contributed by atoms with Crippen LogP contribution in [-0.4, -0.2) is 9.13 Å². The molecule has 0 aliphatic rings. The summed E-state index contributed by atoms with van der Waals surface area (Å²) in [6.07, 6.45) is -4.71. The lowest BCUT2D eigenvalue weighted by molar-refractivity contribution is -0.137. The summed E-state index contributed by atoms with van der Waals surface area (Å²) in [5.74, 6) is 0. The minimum absolute atomic E-state index is 0.218. The SMILES string of the molecule is [C-]#[N+]c1ccc(-c2ccc3c(c2)c2ccccc2n3-c2cc(-c3ccc(C(F)(F)F)cc3[N+]#[C-])c(-n3c4ccccc4c4cc(-c5ccc(C#N)cc5C#N)ccc43)cc2C#N)c([N+]#[C-])c1. The van der Waals surface area contributed by atoms with E-state index in [2.05, 4.69) is 32.7 Å². The van der Waals surface area contributed by atoms with Crippen LogP contribution in [0.15, 0.2) is 152 Å². The van der Waals surface area contributed by atoms with E-state index in [1.54, 1.807) is 42.5 Å². The van der Waals surface area contributed by atoms with Crippen molar-refractivity contribution < 1.29 is 13.2 Å². The number of fused-ring (bicyclic) bond motifs is 6. The fraction of sp³-hybridized carbons (Fsp3) is 0.0182. The van der Waals surface area contributed by atoms with Gasteiger partial charge in [-0.2, -0.15) is 29.0 Å². The highest BCUT2D eigenvalue weighted by molar-refractivity contribution is 6.13. The van der Waals surface area contributed by atoms with E-state index >= 15 is 0 Å². The average Bonchev–Trinajstić information content (AvgIpc) is 3.86. The summed E-state index contributed by atoms with van der Waals surface area (Å²) in [6.45, 7) is 23.4. The van der Waals surface area contributed by atoms with Gasteiger partial charge in [-0.3, -0.25) is 0 Å². The van der Waals surface area contributed by atoms with Crippen LogP contribution in [0, 0.1) is 53.7 Å². The van der Waals surface area contributed by atoms with Crippen molar-refractivity contribution in [3.8, 4) is 63.0 Å². The van der Waals surface area contributed by atoms with Crippen molar-refractivity contribution in [2.24, 2.45) is 0 Å². The predicted molar refractivity (Wildman–Crippen MR) is 249 cm³/mol. The Morgan fingerprint density at radius 3 is 1.59 bits per heavy atom. The van der Waals surface area contributed by atoms with Crippen molar-refractivity contribution >= 4 is 60.7 Å². The molecule has 0 N–H and O–H groups in total. The van der Waals surface area contributed by atoms with E-state index in [1.165, 1.54) is 12.1 Å². The van der Waals surface area contributed by atoms with Gasteiger partial charge in [0.25, 0.3) is 0 Å². The molecule has 0 amide bonds. The number of nitrogens with zero attached hydrogens (tertiary/aromatic N) is 8. The fourth-order valence-corrected chi connectivity index (χ4v) is 8.96. The Kier molecular flexibility index (Phi) is 9.41. The van der Waals surface area contributed by atoms with E-state index < -0.39 is 11.7 Å². The van der Waals surface area contributed by atoms with Crippen molar-refractivity contribution in [2.45, 2.75) is 6.18 Å². The van der Waals surface area contributed by atoms with Gasteiger partial charge in [-0.25, -0.2) is 14.5 Å². The minimum Gasteiger partial charge on any atom is -0.309 e. The molecule has 0 spiro atoms. The van der Waals surface area contributed by atoms with Crippen LogP contribution in [0.3, 0.4) is 0 Å². The van der Waals surface area contributed by atoms with Crippen molar-refractivity contribution in [2.75, 3.05) is 0 Å². The second-order valence-corrected chi connectivity index (χ2v) is 15.4. The van der Waals surface area contributed by atoms with E-state index in [-0.39, 0.29) is 16.8 Å². The first-order chi connectivity index (χ1) is 32.1. The Hall–Kier alpha value is -9.91. The molecule has 11 heteroatoms. The van der Waals surface area contributed by atoms with Gasteiger partial charge in [0.05, 0.1) is 82.0 Å². The molecular formula is C55H25F3N8. The first-order valence-corrected chi connectivity index (χ1v) is 20.2. The second kappa shape index (κ2) is 15.5. The predicted octanol–water partition coefficient (Wildman–Crippen LogP) is 15.2. The maximum atomic E-state index is 14.2. The van der Waals surface area contributed by atoms with Gasteiger partial charge in [0.15, 0.2) is 17.1 Å². The number of benzene rings is 8. The van der Waals surface area contributed by atoms with Crippen LogP contribution in [0.2, 0.25) is 0 Å². The Labute approximate surface area is 374 Å². The lowest BCUT2D eigenvalue weighted by Gasteiger charge is -2.20. The van der Waals surface area contributed by atoms with E-state index in [4.69, 9.17) is 19.7 Å². The van der Waals surface area contributed by atoms with Gasteiger partial charge < -0.3 is 9.13 Å². The summed E-state index contributed by atoms with van der Waals surface area (Å²) in [6, 6.07) is 49.8. The normalized spacial score (nSPS) is 11.2. The minimum atomic E-state index is -4.71. The molecule has 0 fully saturated rings. The van der Waals surface area contributed by atoms with Crippen LogP contribution in [0.1, 0.15) is 22.3 Å². The Morgan fingerprint density at radius 2 is 1.00 bits per heavy atom. The maximum Gasteiger partial charge on any atom is 0.415 e. The standard InChI is InChI=1S/C55H25F3N8/c1-62-38-16-19-40(48(27-38)64-3)34-14-21-51-45(24-34)42-8-4-6-10-49(42)65(51)53-28-46(41-18-15-37(55(56,57)58)26-47(41)63-2)54(25-36(53)31-61)66-50-11-7-5-9-43(50)44-23-33(13-20-52(44)66)39-17-12-32(29-59)22-35(39)30-60/h4-28H. The largest absolute Gasteiger partial charge is 0.415 e. The first kappa shape index (κ1) is 40.2. The van der Waals surface area contributed by atoms with Gasteiger partial charge in [0.2, 0.25) is 0 Å². The number of hydrogen-bond acceptors (Lipinski definition) is 3. The zero-order valence-corrected chi connectivity index (χ0v) is 34.1. The zero-order valence-electron chi connectivity index (χ0n) is 34.1. The highest BCUT2D eigenvalue weighted by Gasteiger charge is 2.32. The molecular weight excluding hydrogens is 830 g/mol. The number of nitriles is 3. The number of hydrogen-bond donors (Lipinski definition) is 0. The van der Waals surface area contributed by atoms with E-state index in [9.17, 15) is 29.0 Å². The molecule has 0 aliphatic carbocycles. The molecule has 10 rings (SSSR count). The molecule has 2 aromatic heterocycles. The number of para-hydroxylation sites is 2. The van der Waals surface area contributed by atoms with Crippen molar-refractivity contribution in [3.05, 3.63) is 208 Å². The number of halogens is 3. The third kappa shape index (κ3) is 6.34. The van der Waals surface area contributed by atoms with Crippen molar-refractivity contribution in [1.29, 1.82) is 15.8 Å². The summed E-state index contributed by atoms with van der Waals surface area (Å²) in [4.78, 5) is 10.8. The molecule has 0 saturated carbocycles. The van der Waals surface area contributed by atoms with Gasteiger partial charge in [0, 0.05) is 27.1 Å². The summed E-state index contributed by atoms with van der Waals surface area (Å²) in [5.41, 5.74) is 7.43. The smallest absolute Gasteiger partial charge is 0.309 e. The van der Waals surface area contributed by atoms with Gasteiger partial charge in [-0.1, -0.05) is 84.9 Å². The van der Waals surface area contributed by atoms with Crippen LogP contribution in [-0.2, 0) is 6.18 Å². The Balaban J connectivity index is 1.28. The van der Waals surface area contributed by atoms with Crippen LogP contribution >= 0.6 is 0 Å². The summed E-state index contributed by atoms with van der Waals surface area (Å²) in [7, 11) is 0. The lowest BCUT2D eigenvalue weighted by atomic mass is 9.96. The number of rotatable bonds is 5. The van der Waals surface area contributed by atoms with Crippen molar-refractivity contribution in [3.63, 3.8) is 0 Å². The third-order valence-electron chi connectivity index (χ3n) is 11.9. The topological polar surface area (TPSA) is 94.3 Å². The molecule has 2 heterocycles. The van der Waals surface area contributed by atoms with Gasteiger partial charge in [0.1, 0.15) is 6.07 Å². The Morgan fingerprint density at radius 1 is 0.439 bits per heavy atom. The highest BCUT2D eigenvalue weighted by atomic mass is 19.4. The summed E-state index contributed by atoms with van der Waals surface area (Å²) in [5, 5.41) is 33.9. The van der Waals surface area contributed by atoms with Gasteiger partial charge in [-0.15, -0.1) is 0 Å². The number of alkyl halides is 3. The van der Waals surface area contributed by atoms with E-state index in [1.807, 2.05) is 94.1 Å². The highest BCUT2D eigenvalue weighted by Crippen LogP contribution is 2.46. The summed E-state index contributed by atoms with van der Waals surface area (Å²) < 4.78 is 46.4. The Bertz CT molecular complexity index is 4020. The van der Waals surface area contributed by atoms with Crippen LogP contribution in [0.4, 0.5) is 30.2 Å². The third-order valence-corrected chi connectivity index (χ3v) is 11.9.